The molecule has 0 aliphatic heterocycles. The third-order valence-corrected chi connectivity index (χ3v) is 9.33. The normalized spacial score (nSPS) is 13.9. The molecule has 8 nitrogen and oxygen atoms in total. The molecule has 0 saturated heterocycles. The van der Waals surface area contributed by atoms with Gasteiger partial charge in [0.2, 0.25) is 15.9 Å². The Balaban J connectivity index is 1.32. The van der Waals surface area contributed by atoms with E-state index in [2.05, 4.69) is 4.99 Å². The molecule has 0 atom stereocenters. The third-order valence-electron chi connectivity index (χ3n) is 8.03. The zero-order valence-corrected chi connectivity index (χ0v) is 26.7. The number of aliphatic imine (C=N–C) groups is 1. The SMILES string of the molecule is COc1ccc(C(=S)N=C(N)c2cccc(CN(C(=O)Cc3ccc(-c4ccccc4S(N)(=O)=O)cc3)C3CCCC3)c2)cc1. The van der Waals surface area contributed by atoms with Crippen LogP contribution >= 0.6 is 12.2 Å². The van der Waals surface area contributed by atoms with Gasteiger partial charge in [-0.05, 0) is 65.9 Å². The molecule has 0 spiro atoms. The average molecular weight is 641 g/mol. The Morgan fingerprint density at radius 1 is 0.911 bits per heavy atom. The molecule has 4 aromatic rings. The molecule has 4 aromatic carbocycles. The zero-order chi connectivity index (χ0) is 32.0. The average Bonchev–Trinajstić information content (AvgIpc) is 3.58. The van der Waals surface area contributed by atoms with Crippen LogP contribution in [0.15, 0.2) is 107 Å². The van der Waals surface area contributed by atoms with Gasteiger partial charge in [0.1, 0.15) is 16.6 Å². The van der Waals surface area contributed by atoms with Crippen molar-refractivity contribution in [3.63, 3.8) is 0 Å². The quantitative estimate of drug-likeness (QED) is 0.132. The molecule has 0 radical (unpaired) electrons. The van der Waals surface area contributed by atoms with Gasteiger partial charge in [-0.1, -0.05) is 85.7 Å². The van der Waals surface area contributed by atoms with Crippen molar-refractivity contribution in [3.05, 3.63) is 119 Å². The molecule has 45 heavy (non-hydrogen) atoms. The molecule has 232 valence electrons. The number of nitrogens with zero attached hydrogens (tertiary/aromatic N) is 2. The van der Waals surface area contributed by atoms with Crippen LogP contribution in [0.5, 0.6) is 5.75 Å². The lowest BCUT2D eigenvalue weighted by Crippen LogP contribution is -2.39. The summed E-state index contributed by atoms with van der Waals surface area (Å²) in [5.41, 5.74) is 10.9. The van der Waals surface area contributed by atoms with Crippen molar-refractivity contribution in [2.45, 2.75) is 49.6 Å². The summed E-state index contributed by atoms with van der Waals surface area (Å²) in [5, 5.41) is 5.43. The van der Waals surface area contributed by atoms with Crippen molar-refractivity contribution in [1.82, 2.24) is 4.90 Å². The Kier molecular flexibility index (Phi) is 10.1. The molecular weight excluding hydrogens is 605 g/mol. The van der Waals surface area contributed by atoms with Gasteiger partial charge in [-0.2, -0.15) is 0 Å². The van der Waals surface area contributed by atoms with Crippen LogP contribution in [0.4, 0.5) is 0 Å². The highest BCUT2D eigenvalue weighted by Gasteiger charge is 2.27. The number of carbonyl (C=O) groups is 1. The number of nitrogens with two attached hydrogens (primary N) is 2. The number of ether oxygens (including phenoxy) is 1. The molecule has 1 saturated carbocycles. The van der Waals surface area contributed by atoms with E-state index in [0.717, 1.165) is 53.7 Å². The summed E-state index contributed by atoms with van der Waals surface area (Å²) >= 11 is 5.51. The van der Waals surface area contributed by atoms with E-state index >= 15 is 0 Å². The van der Waals surface area contributed by atoms with E-state index in [-0.39, 0.29) is 23.3 Å². The molecule has 5 rings (SSSR count). The first kappa shape index (κ1) is 32.0. The zero-order valence-electron chi connectivity index (χ0n) is 25.1. The number of hydrogen-bond acceptors (Lipinski definition) is 5. The summed E-state index contributed by atoms with van der Waals surface area (Å²) < 4.78 is 29.4. The molecule has 1 aliphatic carbocycles. The minimum Gasteiger partial charge on any atom is -0.497 e. The lowest BCUT2D eigenvalue weighted by atomic mass is 10.0. The molecule has 0 aromatic heterocycles. The van der Waals surface area contributed by atoms with Crippen LogP contribution < -0.4 is 15.6 Å². The maximum absolute atomic E-state index is 13.8. The van der Waals surface area contributed by atoms with Gasteiger partial charge in [-0.3, -0.25) is 4.79 Å². The maximum atomic E-state index is 13.8. The minimum atomic E-state index is -3.88. The summed E-state index contributed by atoms with van der Waals surface area (Å²) in [6.45, 7) is 0.452. The van der Waals surface area contributed by atoms with Crippen molar-refractivity contribution >= 4 is 39.0 Å². The Hall–Kier alpha value is -4.38. The largest absolute Gasteiger partial charge is 0.497 e. The number of carbonyl (C=O) groups excluding carboxylic acids is 1. The molecule has 1 fully saturated rings. The number of amidine groups is 1. The van der Waals surface area contributed by atoms with Crippen molar-refractivity contribution in [3.8, 4) is 16.9 Å². The summed E-state index contributed by atoms with van der Waals surface area (Å²) in [6.07, 6.45) is 4.35. The number of sulfonamides is 1. The fourth-order valence-electron chi connectivity index (χ4n) is 5.67. The number of amides is 1. The fraction of sp³-hybridized carbons (Fsp3) is 0.229. The molecule has 4 N–H and O–H groups in total. The second-order valence-corrected chi connectivity index (χ2v) is 13.0. The van der Waals surface area contributed by atoms with E-state index in [1.54, 1.807) is 25.3 Å². The predicted molar refractivity (Wildman–Crippen MR) is 182 cm³/mol. The van der Waals surface area contributed by atoms with Gasteiger partial charge in [-0.15, -0.1) is 0 Å². The maximum Gasteiger partial charge on any atom is 0.238 e. The lowest BCUT2D eigenvalue weighted by molar-refractivity contribution is -0.133. The van der Waals surface area contributed by atoms with Gasteiger partial charge in [0, 0.05) is 29.3 Å². The lowest BCUT2D eigenvalue weighted by Gasteiger charge is -2.29. The van der Waals surface area contributed by atoms with Crippen LogP contribution in [-0.4, -0.2) is 43.2 Å². The summed E-state index contributed by atoms with van der Waals surface area (Å²) in [5.74, 6) is 1.07. The molecule has 0 heterocycles. The molecule has 0 unspecified atom stereocenters. The molecule has 1 aliphatic rings. The van der Waals surface area contributed by atoms with E-state index in [1.807, 2.05) is 77.7 Å². The number of thiocarbonyl (C=S) groups is 1. The number of primary sulfonamides is 1. The van der Waals surface area contributed by atoms with Crippen LogP contribution in [0.25, 0.3) is 11.1 Å². The van der Waals surface area contributed by atoms with E-state index in [4.69, 9.17) is 27.8 Å². The standard InChI is InChI=1S/C35H36N4O4S2/c1-43-30-19-17-27(18-20-30)35(44)38-34(36)28-8-6-7-25(21-28)23-39(29-9-2-3-10-29)33(40)22-24-13-15-26(16-14-24)31-11-4-5-12-32(31)45(37,41)42/h4-8,11-21,29H,2-3,9-10,22-23H2,1H3,(H2,36,38,44)(H2,37,41,42). The van der Waals surface area contributed by atoms with E-state index in [0.29, 0.717) is 28.5 Å². The van der Waals surface area contributed by atoms with Gasteiger partial charge in [0.05, 0.1) is 18.4 Å². The van der Waals surface area contributed by atoms with Gasteiger partial charge in [0.15, 0.2) is 0 Å². The van der Waals surface area contributed by atoms with Gasteiger partial charge < -0.3 is 15.4 Å². The van der Waals surface area contributed by atoms with Gasteiger partial charge >= 0.3 is 0 Å². The molecule has 0 bridgehead atoms. The van der Waals surface area contributed by atoms with E-state index in [9.17, 15) is 13.2 Å². The van der Waals surface area contributed by atoms with Crippen molar-refractivity contribution in [2.75, 3.05) is 7.11 Å². The van der Waals surface area contributed by atoms with E-state index < -0.39 is 10.0 Å². The third kappa shape index (κ3) is 8.02. The van der Waals surface area contributed by atoms with E-state index in [1.165, 1.54) is 6.07 Å². The minimum absolute atomic E-state index is 0.0345. The first-order valence-electron chi connectivity index (χ1n) is 14.7. The van der Waals surface area contributed by atoms with Gasteiger partial charge in [-0.25, -0.2) is 18.5 Å². The second kappa shape index (κ2) is 14.2. The Labute approximate surface area is 269 Å². The smallest absolute Gasteiger partial charge is 0.238 e. The Morgan fingerprint density at radius 2 is 1.60 bits per heavy atom. The Bertz CT molecular complexity index is 1820. The van der Waals surface area contributed by atoms with Crippen molar-refractivity contribution in [1.29, 1.82) is 0 Å². The number of hydrogen-bond donors (Lipinski definition) is 2. The molecule has 1 amide bonds. The first-order valence-corrected chi connectivity index (χ1v) is 16.7. The van der Waals surface area contributed by atoms with Crippen LogP contribution in [0, 0.1) is 0 Å². The summed E-state index contributed by atoms with van der Waals surface area (Å²) in [7, 11) is -2.27. The number of methoxy groups -OCH3 is 1. The summed E-state index contributed by atoms with van der Waals surface area (Å²) in [4.78, 5) is 20.7. The van der Waals surface area contributed by atoms with Crippen LogP contribution in [-0.2, 0) is 27.8 Å². The highest BCUT2D eigenvalue weighted by atomic mass is 32.2. The number of rotatable bonds is 10. The topological polar surface area (TPSA) is 128 Å². The molecule has 10 heteroatoms. The monoisotopic (exact) mass is 640 g/mol. The highest BCUT2D eigenvalue weighted by molar-refractivity contribution is 7.89. The Morgan fingerprint density at radius 3 is 2.27 bits per heavy atom. The van der Waals surface area contributed by atoms with Gasteiger partial charge in [0.25, 0.3) is 0 Å². The van der Waals surface area contributed by atoms with Crippen LogP contribution in [0.2, 0.25) is 0 Å². The van der Waals surface area contributed by atoms with Crippen LogP contribution in [0.1, 0.15) is 47.9 Å². The molecular formula is C35H36N4O4S2. The fourth-order valence-corrected chi connectivity index (χ4v) is 6.66. The predicted octanol–water partition coefficient (Wildman–Crippen LogP) is 5.60. The second-order valence-electron chi connectivity index (χ2n) is 11.1. The van der Waals surface area contributed by atoms with Crippen LogP contribution in [0.3, 0.4) is 0 Å². The van der Waals surface area contributed by atoms with Crippen molar-refractivity contribution < 1.29 is 17.9 Å². The first-order chi connectivity index (χ1) is 21.6. The van der Waals surface area contributed by atoms with Crippen molar-refractivity contribution in [2.24, 2.45) is 15.9 Å². The summed E-state index contributed by atoms with van der Waals surface area (Å²) in [6, 6.07) is 29.3. The number of benzene rings is 4. The highest BCUT2D eigenvalue weighted by Crippen LogP contribution is 2.28.